The number of ether oxygens (including phenoxy) is 1. The largest absolute Gasteiger partial charge is 2.00 e. The Bertz CT molecular complexity index is 3720. The van der Waals surface area contributed by atoms with E-state index in [9.17, 15) is 0 Å². The van der Waals surface area contributed by atoms with Crippen LogP contribution in [0.15, 0.2) is 154 Å². The Morgan fingerprint density at radius 1 is 0.443 bits per heavy atom. The van der Waals surface area contributed by atoms with Crippen molar-refractivity contribution in [3.8, 4) is 45.6 Å². The number of aromatic nitrogens is 4. The first-order valence-electron chi connectivity index (χ1n) is 24.2. The predicted molar refractivity (Wildman–Crippen MR) is 282 cm³/mol. The predicted octanol–water partition coefficient (Wildman–Crippen LogP) is 17.4. The summed E-state index contributed by atoms with van der Waals surface area (Å²) in [5.74, 6) is 3.36. The van der Waals surface area contributed by atoms with Crippen molar-refractivity contribution in [3.05, 3.63) is 180 Å². The second-order valence-corrected chi connectivity index (χ2v) is 19.5. The Labute approximate surface area is 422 Å². The molecular weight excluding hydrogens is 1040 g/mol. The van der Waals surface area contributed by atoms with Crippen molar-refractivity contribution in [1.29, 1.82) is 0 Å². The molecule has 0 saturated carbocycles. The van der Waals surface area contributed by atoms with Gasteiger partial charge in [-0.25, -0.2) is 0 Å². The summed E-state index contributed by atoms with van der Waals surface area (Å²) < 4.78 is 24.9. The molecule has 8 heteroatoms. The molecule has 0 spiro atoms. The molecule has 8 aromatic carbocycles. The number of hydrogen-bond acceptors (Lipinski definition) is 5. The van der Waals surface area contributed by atoms with Gasteiger partial charge < -0.3 is 22.7 Å². The van der Waals surface area contributed by atoms with Gasteiger partial charge in [-0.1, -0.05) is 128 Å². The smallest absolute Gasteiger partial charge is 0.497 e. The van der Waals surface area contributed by atoms with Gasteiger partial charge in [0.1, 0.15) is 22.3 Å². The van der Waals surface area contributed by atoms with Crippen LogP contribution in [0, 0.1) is 12.1 Å². The maximum Gasteiger partial charge on any atom is 2.00 e. The van der Waals surface area contributed by atoms with Crippen molar-refractivity contribution in [2.24, 2.45) is 0 Å². The summed E-state index contributed by atoms with van der Waals surface area (Å²) in [7, 11) is 0. The van der Waals surface area contributed by atoms with E-state index in [1.54, 1.807) is 0 Å². The average molecular weight is 1100 g/mol. The van der Waals surface area contributed by atoms with E-state index in [1.165, 1.54) is 11.1 Å². The van der Waals surface area contributed by atoms with Gasteiger partial charge in [0, 0.05) is 55.5 Å². The number of imidazole rings is 2. The minimum Gasteiger partial charge on any atom is -0.497 e. The Morgan fingerprint density at radius 2 is 0.843 bits per heavy atom. The molecule has 0 amide bonds. The molecule has 0 fully saturated rings. The molecule has 0 N–H and O–H groups in total. The number of fused-ring (bicyclic) bond motifs is 8. The third-order valence-electron chi connectivity index (χ3n) is 13.6. The zero-order valence-corrected chi connectivity index (χ0v) is 42.8. The first-order chi connectivity index (χ1) is 33.5. The molecule has 0 radical (unpaired) electrons. The molecule has 12 rings (SSSR count). The van der Waals surface area contributed by atoms with Crippen molar-refractivity contribution in [1.82, 2.24) is 19.1 Å². The quantitative estimate of drug-likeness (QED) is 0.128. The van der Waals surface area contributed by atoms with E-state index < -0.39 is 0 Å². The van der Waals surface area contributed by atoms with Gasteiger partial charge in [-0.2, -0.15) is 0 Å². The Hall–Kier alpha value is -7.21. The van der Waals surface area contributed by atoms with Crippen LogP contribution in [-0.4, -0.2) is 19.1 Å². The topological polar surface area (TPSA) is 71.2 Å². The third kappa shape index (κ3) is 7.28. The molecule has 0 aliphatic heterocycles. The van der Waals surface area contributed by atoms with Crippen LogP contribution < -0.4 is 4.74 Å². The van der Waals surface area contributed by atoms with Crippen LogP contribution >= 0.6 is 0 Å². The van der Waals surface area contributed by atoms with Crippen molar-refractivity contribution in [2.45, 2.75) is 79.1 Å². The van der Waals surface area contributed by atoms with E-state index >= 15 is 0 Å². The molecule has 0 saturated heterocycles. The van der Waals surface area contributed by atoms with Crippen molar-refractivity contribution < 1.29 is 34.6 Å². The Kier molecular flexibility index (Phi) is 11.4. The van der Waals surface area contributed by atoms with Crippen LogP contribution in [0.5, 0.6) is 11.5 Å². The molecule has 7 nitrogen and oxygen atoms in total. The zero-order chi connectivity index (χ0) is 47.2. The molecular formula is C62H52N4O3Pt. The fraction of sp³-hybridized carbons (Fsp3) is 0.194. The molecule has 0 aliphatic rings. The monoisotopic (exact) mass is 1100 g/mol. The molecule has 348 valence electrons. The van der Waals surface area contributed by atoms with Crippen molar-refractivity contribution >= 4 is 65.9 Å². The van der Waals surface area contributed by atoms with E-state index in [0.29, 0.717) is 11.5 Å². The summed E-state index contributed by atoms with van der Waals surface area (Å²) in [5, 5.41) is 4.52. The number of rotatable bonds is 10. The summed E-state index contributed by atoms with van der Waals surface area (Å²) >= 11 is 0. The fourth-order valence-corrected chi connectivity index (χ4v) is 10.5. The maximum absolute atomic E-state index is 6.76. The second-order valence-electron chi connectivity index (χ2n) is 19.5. The van der Waals surface area contributed by atoms with E-state index in [2.05, 4.69) is 174 Å². The molecule has 4 heterocycles. The summed E-state index contributed by atoms with van der Waals surface area (Å²) in [4.78, 5) is 10.7. The molecule has 4 aromatic heterocycles. The number of furan rings is 2. The van der Waals surface area contributed by atoms with Crippen LogP contribution in [0.3, 0.4) is 0 Å². The summed E-state index contributed by atoms with van der Waals surface area (Å²) in [6.45, 7) is 18.1. The maximum atomic E-state index is 6.76. The van der Waals surface area contributed by atoms with Gasteiger partial charge >= 0.3 is 21.1 Å². The van der Waals surface area contributed by atoms with Crippen molar-refractivity contribution in [2.75, 3.05) is 0 Å². The van der Waals surface area contributed by atoms with E-state index in [0.717, 1.165) is 111 Å². The minimum atomic E-state index is 0. The van der Waals surface area contributed by atoms with Gasteiger partial charge in [-0.05, 0) is 83.3 Å². The SMILES string of the molecule is CC(C)c1cc2c(oc3ccccc32)c(C(C)C)c1-n1c(-c2[c-]c(Oc3[c-]c(-c4nc5ccccc5n4-c4c(C(C)C)cc5c(oc6ccccc65)c4C(C)C)ccc3)ccc2)nc2ccccc21.[Pt+2]. The molecule has 0 atom stereocenters. The summed E-state index contributed by atoms with van der Waals surface area (Å²) in [5.41, 5.74) is 16.0. The number of para-hydroxylation sites is 6. The van der Waals surface area contributed by atoms with Gasteiger partial charge in [0.2, 0.25) is 0 Å². The standard InChI is InChI=1S/C62H52N4O3.Pt/c1-35(2)45-33-47-43-23-9-15-29-53(43)68-59(47)55(37(5)6)57(45)65-51-27-13-11-25-49(51)63-61(65)39-19-17-21-41(31-39)67-42-22-18-20-40(32-42)62-64-50-26-12-14-28-52(50)66(62)58-46(36(3)4)34-48-44-24-10-16-30-54(44)69-60(48)56(58)38(7)8;/h9-30,33-38H,1-8H3;/q-2;+2. The first kappa shape index (κ1) is 45.2. The first-order valence-corrected chi connectivity index (χ1v) is 24.2. The molecule has 70 heavy (non-hydrogen) atoms. The van der Waals surface area contributed by atoms with Crippen LogP contribution in [0.2, 0.25) is 0 Å². The van der Waals surface area contributed by atoms with E-state index in [4.69, 9.17) is 23.5 Å². The molecule has 0 aliphatic carbocycles. The number of benzene rings is 8. The molecule has 0 bridgehead atoms. The molecule has 0 unspecified atom stereocenters. The van der Waals surface area contributed by atoms with Crippen LogP contribution in [0.1, 0.15) is 101 Å². The fourth-order valence-electron chi connectivity index (χ4n) is 10.5. The zero-order valence-electron chi connectivity index (χ0n) is 40.5. The number of hydrogen-bond donors (Lipinski definition) is 0. The van der Waals surface area contributed by atoms with E-state index in [-0.39, 0.29) is 44.7 Å². The van der Waals surface area contributed by atoms with Gasteiger partial charge in [0.25, 0.3) is 0 Å². The third-order valence-corrected chi connectivity index (χ3v) is 13.6. The minimum absolute atomic E-state index is 0. The van der Waals surface area contributed by atoms with Crippen molar-refractivity contribution in [3.63, 3.8) is 0 Å². The second kappa shape index (κ2) is 17.6. The van der Waals surface area contributed by atoms with Crippen LogP contribution in [0.4, 0.5) is 0 Å². The number of nitrogens with zero attached hydrogens (tertiary/aromatic N) is 4. The summed E-state index contributed by atoms with van der Waals surface area (Å²) in [6.07, 6.45) is 0. The van der Waals surface area contributed by atoms with Gasteiger partial charge in [0.15, 0.2) is 0 Å². The molecule has 12 aromatic rings. The van der Waals surface area contributed by atoms with Gasteiger partial charge in [-0.15, -0.1) is 47.5 Å². The average Bonchev–Trinajstić information content (AvgIpc) is 4.13. The normalized spacial score (nSPS) is 12.1. The van der Waals surface area contributed by atoms with Crippen LogP contribution in [-0.2, 0) is 21.1 Å². The Balaban J connectivity index is 0.00000533. The van der Waals surface area contributed by atoms with Gasteiger partial charge in [-0.3, -0.25) is 9.97 Å². The van der Waals surface area contributed by atoms with Gasteiger partial charge in [0.05, 0.1) is 33.7 Å². The van der Waals surface area contributed by atoms with Crippen LogP contribution in [0.25, 0.3) is 100 Å². The Morgan fingerprint density at radius 3 is 1.26 bits per heavy atom. The van der Waals surface area contributed by atoms with E-state index in [1.807, 2.05) is 48.5 Å². The summed E-state index contributed by atoms with van der Waals surface area (Å²) in [6, 6.07) is 57.4.